The number of anilines is 1. The van der Waals surface area contributed by atoms with Crippen LogP contribution in [-0.4, -0.2) is 46.8 Å². The number of piperazine rings is 1. The number of carbonyl (C=O) groups excluding carboxylic acids is 1. The van der Waals surface area contributed by atoms with Crippen molar-refractivity contribution in [3.05, 3.63) is 47.0 Å². The molecule has 9 heteroatoms. The van der Waals surface area contributed by atoms with Crippen molar-refractivity contribution in [1.29, 1.82) is 0 Å². The Balaban J connectivity index is 1.65. The van der Waals surface area contributed by atoms with Gasteiger partial charge in [-0.3, -0.25) is 9.48 Å². The van der Waals surface area contributed by atoms with Crippen LogP contribution in [0, 0.1) is 19.7 Å². The lowest BCUT2D eigenvalue weighted by Gasteiger charge is -2.36. The minimum atomic E-state index is -4.55. The summed E-state index contributed by atoms with van der Waals surface area (Å²) in [6.45, 7) is 4.27. The summed E-state index contributed by atoms with van der Waals surface area (Å²) in [4.78, 5) is 15.9. The summed E-state index contributed by atoms with van der Waals surface area (Å²) in [5, 5.41) is 3.57. The maximum atomic E-state index is 13.9. The Morgan fingerprint density at radius 3 is 2.30 bits per heavy atom. The maximum Gasteiger partial charge on any atom is 0.435 e. The lowest BCUT2D eigenvalue weighted by Crippen LogP contribution is -2.50. The van der Waals surface area contributed by atoms with Crippen LogP contribution in [0.2, 0.25) is 0 Å². The van der Waals surface area contributed by atoms with Gasteiger partial charge in [-0.25, -0.2) is 4.39 Å². The smallest absolute Gasteiger partial charge is 0.366 e. The van der Waals surface area contributed by atoms with Gasteiger partial charge in [0, 0.05) is 37.4 Å². The number of para-hydroxylation sites is 1. The molecule has 1 aliphatic heterocycles. The fourth-order valence-electron chi connectivity index (χ4n) is 3.19. The van der Waals surface area contributed by atoms with Crippen LogP contribution >= 0.6 is 0 Å². The Hall–Kier alpha value is -2.58. The molecule has 0 spiro atoms. The summed E-state index contributed by atoms with van der Waals surface area (Å²) in [7, 11) is 0. The first-order chi connectivity index (χ1) is 12.7. The molecule has 0 unspecified atom stereocenters. The van der Waals surface area contributed by atoms with Crippen molar-refractivity contribution < 1.29 is 22.4 Å². The number of rotatable bonds is 3. The topological polar surface area (TPSA) is 41.4 Å². The summed E-state index contributed by atoms with van der Waals surface area (Å²) >= 11 is 0. The van der Waals surface area contributed by atoms with Crippen LogP contribution in [0.5, 0.6) is 0 Å². The van der Waals surface area contributed by atoms with Crippen molar-refractivity contribution in [2.75, 3.05) is 31.1 Å². The molecule has 1 amide bonds. The molecule has 0 aliphatic carbocycles. The number of hydrogen-bond acceptors (Lipinski definition) is 3. The molecule has 27 heavy (non-hydrogen) atoms. The summed E-state index contributed by atoms with van der Waals surface area (Å²) in [6, 6.07) is 6.43. The fourth-order valence-corrected chi connectivity index (χ4v) is 3.19. The largest absolute Gasteiger partial charge is 0.435 e. The molecule has 0 bridgehead atoms. The van der Waals surface area contributed by atoms with E-state index in [-0.39, 0.29) is 23.8 Å². The molecule has 1 fully saturated rings. The van der Waals surface area contributed by atoms with Gasteiger partial charge < -0.3 is 9.80 Å². The van der Waals surface area contributed by atoms with Crippen molar-refractivity contribution in [1.82, 2.24) is 14.7 Å². The number of aromatic nitrogens is 2. The molecule has 5 nitrogen and oxygen atoms in total. The third-order valence-electron chi connectivity index (χ3n) is 4.88. The zero-order valence-corrected chi connectivity index (χ0v) is 15.1. The molecular weight excluding hydrogens is 364 g/mol. The van der Waals surface area contributed by atoms with E-state index in [1.165, 1.54) is 19.9 Å². The Bertz CT molecular complexity index is 838. The normalized spacial score (nSPS) is 15.3. The van der Waals surface area contributed by atoms with E-state index in [4.69, 9.17) is 0 Å². The third kappa shape index (κ3) is 3.91. The van der Waals surface area contributed by atoms with E-state index < -0.39 is 11.9 Å². The van der Waals surface area contributed by atoms with Gasteiger partial charge >= 0.3 is 6.18 Å². The number of amides is 1. The highest BCUT2D eigenvalue weighted by atomic mass is 19.4. The lowest BCUT2D eigenvalue weighted by atomic mass is 10.2. The molecule has 3 rings (SSSR count). The van der Waals surface area contributed by atoms with Crippen molar-refractivity contribution in [3.63, 3.8) is 0 Å². The van der Waals surface area contributed by atoms with E-state index >= 15 is 0 Å². The second-order valence-electron chi connectivity index (χ2n) is 6.53. The van der Waals surface area contributed by atoms with Crippen LogP contribution in [0.1, 0.15) is 17.0 Å². The predicted octanol–water partition coefficient (Wildman–Crippen LogP) is 3.01. The van der Waals surface area contributed by atoms with E-state index in [0.29, 0.717) is 37.6 Å². The van der Waals surface area contributed by atoms with Gasteiger partial charge in [0.2, 0.25) is 5.91 Å². The third-order valence-corrected chi connectivity index (χ3v) is 4.88. The molecule has 0 saturated carbocycles. The molecule has 1 saturated heterocycles. The number of nitrogens with zero attached hydrogens (tertiary/aromatic N) is 4. The van der Waals surface area contributed by atoms with Crippen LogP contribution in [0.25, 0.3) is 0 Å². The van der Waals surface area contributed by atoms with Gasteiger partial charge in [0.25, 0.3) is 0 Å². The Morgan fingerprint density at radius 1 is 1.11 bits per heavy atom. The molecule has 1 aromatic heterocycles. The van der Waals surface area contributed by atoms with Crippen LogP contribution in [-0.2, 0) is 17.5 Å². The second kappa shape index (κ2) is 7.21. The van der Waals surface area contributed by atoms with Crippen LogP contribution < -0.4 is 4.90 Å². The van der Waals surface area contributed by atoms with Gasteiger partial charge in [-0.05, 0) is 26.0 Å². The molecule has 0 radical (unpaired) electrons. The van der Waals surface area contributed by atoms with Gasteiger partial charge in [0.1, 0.15) is 12.4 Å². The first-order valence-corrected chi connectivity index (χ1v) is 8.57. The predicted molar refractivity (Wildman–Crippen MR) is 91.9 cm³/mol. The average molecular weight is 384 g/mol. The van der Waals surface area contributed by atoms with Crippen molar-refractivity contribution in [3.8, 4) is 0 Å². The molecule has 0 N–H and O–H groups in total. The molecule has 1 aliphatic rings. The standard InChI is InChI=1S/C18H20F4N4O/c1-12-13(2)26(23-17(12)18(20,21)22)11-16(27)25-9-7-24(8-10-25)15-6-4-3-5-14(15)19/h3-6H,7-11H2,1-2H3. The molecule has 0 atom stereocenters. The van der Waals surface area contributed by atoms with Gasteiger partial charge in [-0.1, -0.05) is 12.1 Å². The van der Waals surface area contributed by atoms with E-state index in [1.807, 2.05) is 4.90 Å². The molecule has 2 aromatic rings. The zero-order chi connectivity index (χ0) is 19.8. The van der Waals surface area contributed by atoms with E-state index in [2.05, 4.69) is 5.10 Å². The highest BCUT2D eigenvalue weighted by Gasteiger charge is 2.37. The van der Waals surface area contributed by atoms with Crippen LogP contribution in [0.3, 0.4) is 0 Å². The SMILES string of the molecule is Cc1c(C(F)(F)F)nn(CC(=O)N2CCN(c3ccccc3F)CC2)c1C. The number of halogens is 4. The quantitative estimate of drug-likeness (QED) is 0.764. The monoisotopic (exact) mass is 384 g/mol. The number of carbonyl (C=O) groups is 1. The van der Waals surface area contributed by atoms with Crippen LogP contribution in [0.15, 0.2) is 24.3 Å². The van der Waals surface area contributed by atoms with Gasteiger partial charge in [-0.2, -0.15) is 18.3 Å². The van der Waals surface area contributed by atoms with Crippen LogP contribution in [0.4, 0.5) is 23.2 Å². The Kier molecular flexibility index (Phi) is 5.12. The van der Waals surface area contributed by atoms with Gasteiger partial charge in [-0.15, -0.1) is 0 Å². The highest BCUT2D eigenvalue weighted by Crippen LogP contribution is 2.31. The average Bonchev–Trinajstić information content (AvgIpc) is 2.91. The summed E-state index contributed by atoms with van der Waals surface area (Å²) in [6.07, 6.45) is -4.55. The highest BCUT2D eigenvalue weighted by molar-refractivity contribution is 5.76. The fraction of sp³-hybridized carbons (Fsp3) is 0.444. The molecular formula is C18H20F4N4O. The Labute approximate surface area is 154 Å². The summed E-state index contributed by atoms with van der Waals surface area (Å²) in [5.74, 6) is -0.623. The van der Waals surface area contributed by atoms with Crippen molar-refractivity contribution in [2.24, 2.45) is 0 Å². The zero-order valence-electron chi connectivity index (χ0n) is 15.1. The summed E-state index contributed by atoms with van der Waals surface area (Å²) in [5.41, 5.74) is -0.129. The minimum absolute atomic E-state index is 0.0275. The van der Waals surface area contributed by atoms with Crippen molar-refractivity contribution in [2.45, 2.75) is 26.6 Å². The first-order valence-electron chi connectivity index (χ1n) is 8.57. The van der Waals surface area contributed by atoms with E-state index in [1.54, 1.807) is 23.1 Å². The first kappa shape index (κ1) is 19.2. The maximum absolute atomic E-state index is 13.9. The van der Waals surface area contributed by atoms with Gasteiger partial charge in [0.15, 0.2) is 5.69 Å². The van der Waals surface area contributed by atoms with Gasteiger partial charge in [0.05, 0.1) is 5.69 Å². The van der Waals surface area contributed by atoms with E-state index in [9.17, 15) is 22.4 Å². The Morgan fingerprint density at radius 2 is 1.74 bits per heavy atom. The lowest BCUT2D eigenvalue weighted by molar-refractivity contribution is -0.142. The number of benzene rings is 1. The number of alkyl halides is 3. The van der Waals surface area contributed by atoms with Crippen molar-refractivity contribution >= 4 is 11.6 Å². The number of hydrogen-bond donors (Lipinski definition) is 0. The molecule has 146 valence electrons. The summed E-state index contributed by atoms with van der Waals surface area (Å²) < 4.78 is 53.9. The molecule has 1 aromatic carbocycles. The van der Waals surface area contributed by atoms with E-state index in [0.717, 1.165) is 4.68 Å². The second-order valence-corrected chi connectivity index (χ2v) is 6.53. The molecule has 2 heterocycles. The minimum Gasteiger partial charge on any atom is -0.366 e.